The van der Waals surface area contributed by atoms with Gasteiger partial charge in [0.25, 0.3) is 0 Å². The molecule has 1 aliphatic carbocycles. The number of rotatable bonds is 14. The van der Waals surface area contributed by atoms with E-state index in [4.69, 9.17) is 9.47 Å². The Morgan fingerprint density at radius 2 is 1.96 bits per heavy atom. The molecule has 0 aromatic carbocycles. The van der Waals surface area contributed by atoms with Gasteiger partial charge in [-0.05, 0) is 58.1 Å². The van der Waals surface area contributed by atoms with Crippen molar-refractivity contribution >= 4 is 0 Å². The third-order valence-corrected chi connectivity index (χ3v) is 5.09. The van der Waals surface area contributed by atoms with Gasteiger partial charge in [0.1, 0.15) is 0 Å². The Kier molecular flexibility index (Phi) is 11.2. The van der Waals surface area contributed by atoms with E-state index >= 15 is 0 Å². The predicted octanol–water partition coefficient (Wildman–Crippen LogP) is 5.62. The number of allylic oxidation sites excluding steroid dienone is 3. The first-order valence-corrected chi connectivity index (χ1v) is 10.3. The smallest absolute Gasteiger partial charge is 0.0958 e. The Labute approximate surface area is 156 Å². The minimum absolute atomic E-state index is 0.136. The molecule has 0 bridgehead atoms. The van der Waals surface area contributed by atoms with Gasteiger partial charge in [-0.2, -0.15) is 0 Å². The van der Waals surface area contributed by atoms with Gasteiger partial charge in [0.2, 0.25) is 0 Å². The number of hydrogen-bond acceptors (Lipinski definition) is 3. The van der Waals surface area contributed by atoms with E-state index in [0.717, 1.165) is 57.1 Å². The van der Waals surface area contributed by atoms with Crippen LogP contribution in [-0.2, 0) is 9.47 Å². The number of methoxy groups -OCH3 is 1. The molecule has 146 valence electrons. The summed E-state index contributed by atoms with van der Waals surface area (Å²) in [6.45, 7) is 11.9. The average Bonchev–Trinajstić information content (AvgIpc) is 2.60. The summed E-state index contributed by atoms with van der Waals surface area (Å²) in [6.07, 6.45) is 13.8. The second kappa shape index (κ2) is 12.5. The molecule has 1 atom stereocenters. The zero-order valence-corrected chi connectivity index (χ0v) is 17.3. The number of nitrogens with one attached hydrogen (secondary N) is 1. The topological polar surface area (TPSA) is 30.5 Å². The fourth-order valence-electron chi connectivity index (χ4n) is 3.36. The molecule has 0 aliphatic heterocycles. The van der Waals surface area contributed by atoms with Crippen LogP contribution in [-0.4, -0.2) is 32.4 Å². The summed E-state index contributed by atoms with van der Waals surface area (Å²) in [5.41, 5.74) is 1.65. The van der Waals surface area contributed by atoms with Gasteiger partial charge in [-0.3, -0.25) is 0 Å². The van der Waals surface area contributed by atoms with E-state index in [0.29, 0.717) is 0 Å². The third-order valence-electron chi connectivity index (χ3n) is 5.09. The van der Waals surface area contributed by atoms with Crippen LogP contribution in [0.5, 0.6) is 0 Å². The molecule has 0 saturated carbocycles. The van der Waals surface area contributed by atoms with Crippen molar-refractivity contribution in [3.63, 3.8) is 0 Å². The number of unbranched alkanes of at least 4 members (excludes halogenated alkanes) is 1. The molecule has 0 aromatic heterocycles. The third kappa shape index (κ3) is 10.1. The van der Waals surface area contributed by atoms with Gasteiger partial charge in [0, 0.05) is 25.2 Å². The molecule has 1 unspecified atom stereocenters. The van der Waals surface area contributed by atoms with Crippen molar-refractivity contribution in [2.75, 3.05) is 26.9 Å². The number of hydrogen-bond donors (Lipinski definition) is 1. The second-order valence-electron chi connectivity index (χ2n) is 7.99. The van der Waals surface area contributed by atoms with Crippen LogP contribution in [0.4, 0.5) is 0 Å². The van der Waals surface area contributed by atoms with Crippen LogP contribution in [0.1, 0.15) is 79.1 Å². The summed E-state index contributed by atoms with van der Waals surface area (Å²) in [4.78, 5) is 0. The highest BCUT2D eigenvalue weighted by atomic mass is 16.5. The largest absolute Gasteiger partial charge is 0.501 e. The maximum absolute atomic E-state index is 5.90. The van der Waals surface area contributed by atoms with Crippen LogP contribution in [0.15, 0.2) is 23.5 Å². The van der Waals surface area contributed by atoms with Gasteiger partial charge in [-0.15, -0.1) is 0 Å². The molecule has 1 aliphatic rings. The highest BCUT2D eigenvalue weighted by molar-refractivity contribution is 5.22. The molecule has 1 rings (SSSR count). The summed E-state index contributed by atoms with van der Waals surface area (Å²) >= 11 is 0. The second-order valence-corrected chi connectivity index (χ2v) is 7.99. The lowest BCUT2D eigenvalue weighted by Crippen LogP contribution is -2.40. The molecule has 0 aromatic rings. The fourth-order valence-corrected chi connectivity index (χ4v) is 3.36. The minimum Gasteiger partial charge on any atom is -0.501 e. The van der Waals surface area contributed by atoms with E-state index in [9.17, 15) is 0 Å². The predicted molar refractivity (Wildman–Crippen MR) is 108 cm³/mol. The Balaban J connectivity index is 2.15. The van der Waals surface area contributed by atoms with Crippen LogP contribution in [0.25, 0.3) is 0 Å². The van der Waals surface area contributed by atoms with Gasteiger partial charge in [-0.25, -0.2) is 0 Å². The van der Waals surface area contributed by atoms with Crippen LogP contribution in [0.2, 0.25) is 0 Å². The van der Waals surface area contributed by atoms with Crippen molar-refractivity contribution in [3.8, 4) is 0 Å². The van der Waals surface area contributed by atoms with Gasteiger partial charge in [0.05, 0.1) is 12.9 Å². The zero-order chi connectivity index (χ0) is 18.5. The first-order valence-electron chi connectivity index (χ1n) is 10.3. The van der Waals surface area contributed by atoms with Crippen molar-refractivity contribution in [2.45, 2.75) is 84.6 Å². The summed E-state index contributed by atoms with van der Waals surface area (Å²) in [5, 5.41) is 3.70. The maximum atomic E-state index is 5.90. The lowest BCUT2D eigenvalue weighted by Gasteiger charge is -2.29. The van der Waals surface area contributed by atoms with E-state index in [1.165, 1.54) is 31.3 Å². The van der Waals surface area contributed by atoms with Crippen molar-refractivity contribution < 1.29 is 9.47 Å². The summed E-state index contributed by atoms with van der Waals surface area (Å²) < 4.78 is 11.2. The molecule has 0 saturated heterocycles. The van der Waals surface area contributed by atoms with Crippen molar-refractivity contribution in [1.29, 1.82) is 0 Å². The fraction of sp³-hybridized carbons (Fsp3) is 0.818. The van der Waals surface area contributed by atoms with Crippen molar-refractivity contribution in [1.82, 2.24) is 5.32 Å². The highest BCUT2D eigenvalue weighted by Gasteiger charge is 2.19. The van der Waals surface area contributed by atoms with Crippen LogP contribution < -0.4 is 5.32 Å². The normalized spacial score (nSPS) is 16.4. The Bertz CT molecular complexity index is 412. The monoisotopic (exact) mass is 351 g/mol. The van der Waals surface area contributed by atoms with E-state index in [2.05, 4.69) is 45.2 Å². The lowest BCUT2D eigenvalue weighted by atomic mass is 9.90. The molecule has 0 radical (unpaired) electrons. The Morgan fingerprint density at radius 1 is 1.16 bits per heavy atom. The Hall–Kier alpha value is -0.800. The maximum Gasteiger partial charge on any atom is 0.0958 e. The SMILES string of the molecule is CCCCC(CC)COCCCNC(C)(C)CC1=CC=C(OC)CC1. The van der Waals surface area contributed by atoms with Gasteiger partial charge in [0.15, 0.2) is 0 Å². The lowest BCUT2D eigenvalue weighted by molar-refractivity contribution is 0.0911. The van der Waals surface area contributed by atoms with E-state index in [1.807, 2.05) is 0 Å². The molecule has 0 fully saturated rings. The van der Waals surface area contributed by atoms with Crippen LogP contribution in [0.3, 0.4) is 0 Å². The van der Waals surface area contributed by atoms with Gasteiger partial charge < -0.3 is 14.8 Å². The Morgan fingerprint density at radius 3 is 2.56 bits per heavy atom. The molecule has 0 spiro atoms. The van der Waals surface area contributed by atoms with Crippen molar-refractivity contribution in [2.24, 2.45) is 5.92 Å². The molecular formula is C22H41NO2. The molecule has 0 amide bonds. The molecule has 3 nitrogen and oxygen atoms in total. The van der Waals surface area contributed by atoms with Crippen LogP contribution in [0, 0.1) is 5.92 Å². The quantitative estimate of drug-likeness (QED) is 0.412. The van der Waals surface area contributed by atoms with Crippen LogP contribution >= 0.6 is 0 Å². The zero-order valence-electron chi connectivity index (χ0n) is 17.3. The molecule has 0 heterocycles. The molecular weight excluding hydrogens is 310 g/mol. The first-order chi connectivity index (χ1) is 12.0. The average molecular weight is 352 g/mol. The molecule has 25 heavy (non-hydrogen) atoms. The summed E-state index contributed by atoms with van der Waals surface area (Å²) in [5.74, 6) is 1.84. The highest BCUT2D eigenvalue weighted by Crippen LogP contribution is 2.25. The standard InChI is InChI=1S/C22H41NO2/c1-6-8-10-19(7-2)18-25-16-9-15-23-22(3,4)17-20-11-13-21(24-5)14-12-20/h11,13,19,23H,6-10,12,14-18H2,1-5H3. The number of ether oxygens (including phenoxy) is 2. The van der Waals surface area contributed by atoms with Gasteiger partial charge in [-0.1, -0.05) is 44.8 Å². The summed E-state index contributed by atoms with van der Waals surface area (Å²) in [7, 11) is 1.75. The van der Waals surface area contributed by atoms with Crippen molar-refractivity contribution in [3.05, 3.63) is 23.5 Å². The van der Waals surface area contributed by atoms with E-state index < -0.39 is 0 Å². The minimum atomic E-state index is 0.136. The molecule has 1 N–H and O–H groups in total. The van der Waals surface area contributed by atoms with Gasteiger partial charge >= 0.3 is 0 Å². The first kappa shape index (κ1) is 22.2. The molecule has 3 heteroatoms. The summed E-state index contributed by atoms with van der Waals surface area (Å²) in [6, 6.07) is 0. The van der Waals surface area contributed by atoms with E-state index in [1.54, 1.807) is 7.11 Å². The van der Waals surface area contributed by atoms with E-state index in [-0.39, 0.29) is 5.54 Å².